The first kappa shape index (κ1) is 24.8. The van der Waals surface area contributed by atoms with E-state index in [9.17, 15) is 19.5 Å². The van der Waals surface area contributed by atoms with Crippen molar-refractivity contribution in [1.29, 1.82) is 0 Å². The van der Waals surface area contributed by atoms with Crippen molar-refractivity contribution in [1.82, 2.24) is 0 Å². The van der Waals surface area contributed by atoms with E-state index in [0.717, 1.165) is 24.8 Å². The number of ketones is 2. The van der Waals surface area contributed by atoms with Crippen molar-refractivity contribution >= 4 is 17.5 Å². The largest absolute Gasteiger partial charge is 0.458 e. The molecule has 0 radical (unpaired) electrons. The van der Waals surface area contributed by atoms with Crippen molar-refractivity contribution < 1.29 is 33.7 Å². The zero-order chi connectivity index (χ0) is 25.2. The maximum absolute atomic E-state index is 13.8. The van der Waals surface area contributed by atoms with Crippen molar-refractivity contribution in [3.05, 3.63) is 23.8 Å². The highest BCUT2D eigenvalue weighted by Crippen LogP contribution is 2.73. The monoisotopic (exact) mass is 486 g/mol. The molecule has 4 aliphatic carbocycles. The van der Waals surface area contributed by atoms with Crippen molar-refractivity contribution in [2.75, 3.05) is 6.61 Å². The molecule has 8 atom stereocenters. The van der Waals surface area contributed by atoms with E-state index < -0.39 is 40.4 Å². The maximum Gasteiger partial charge on any atom is 0.305 e. The van der Waals surface area contributed by atoms with E-state index in [-0.39, 0.29) is 36.4 Å². The standard InChI is InChI=1S/C28H38O7/c1-5-7-23-34-27-12-13-28(35-23,21(31)16-33-22(32)6-2)26(27,4)15-20(30)24-19(27)9-8-17-14-18(29)10-11-25(17,24)3/h10-11,14,19-20,23-24,30H,5-9,12-13,15-16H2,1-4H3/t19-,20+,23?,24-,25+,26+,27-,28-/m1/s1. The van der Waals surface area contributed by atoms with E-state index in [2.05, 4.69) is 13.8 Å². The molecule has 1 heterocycles. The second-order valence-corrected chi connectivity index (χ2v) is 11.6. The average Bonchev–Trinajstić information content (AvgIpc) is 2.94. The smallest absolute Gasteiger partial charge is 0.305 e. The zero-order valence-electron chi connectivity index (χ0n) is 21.3. The summed E-state index contributed by atoms with van der Waals surface area (Å²) in [5, 5.41) is 11.7. The number of rotatable bonds is 6. The van der Waals surface area contributed by atoms with Gasteiger partial charge in [0, 0.05) is 23.2 Å². The fourth-order valence-corrected chi connectivity index (χ4v) is 8.42. The minimum Gasteiger partial charge on any atom is -0.458 e. The van der Waals surface area contributed by atoms with Gasteiger partial charge in [0.1, 0.15) is 5.60 Å². The van der Waals surface area contributed by atoms with Gasteiger partial charge in [-0.3, -0.25) is 14.4 Å². The highest BCUT2D eigenvalue weighted by molar-refractivity contribution is 6.01. The van der Waals surface area contributed by atoms with Crippen molar-refractivity contribution in [3.8, 4) is 0 Å². The number of aliphatic hydroxyl groups excluding tert-OH is 1. The fraction of sp³-hybridized carbons (Fsp3) is 0.750. The Morgan fingerprint density at radius 1 is 1.20 bits per heavy atom. The van der Waals surface area contributed by atoms with E-state index in [1.807, 2.05) is 13.0 Å². The quantitative estimate of drug-likeness (QED) is 0.570. The Hall–Kier alpha value is -1.83. The molecular formula is C28H38O7. The number of hydrogen-bond acceptors (Lipinski definition) is 7. The van der Waals surface area contributed by atoms with Gasteiger partial charge in [-0.25, -0.2) is 0 Å². The summed E-state index contributed by atoms with van der Waals surface area (Å²) in [6.45, 7) is 7.60. The minimum absolute atomic E-state index is 0.00154. The number of allylic oxidation sites excluding steroid dienone is 4. The zero-order valence-corrected chi connectivity index (χ0v) is 21.3. The molecular weight excluding hydrogens is 448 g/mol. The Bertz CT molecular complexity index is 999. The predicted molar refractivity (Wildman–Crippen MR) is 127 cm³/mol. The summed E-state index contributed by atoms with van der Waals surface area (Å²) in [6.07, 6.45) is 8.88. The second kappa shape index (κ2) is 8.35. The summed E-state index contributed by atoms with van der Waals surface area (Å²) < 4.78 is 18.7. The molecule has 2 bridgehead atoms. The number of aliphatic hydroxyl groups is 1. The van der Waals surface area contributed by atoms with Crippen LogP contribution in [-0.2, 0) is 28.6 Å². The number of ether oxygens (including phenoxy) is 3. The van der Waals surface area contributed by atoms with E-state index in [1.54, 1.807) is 19.1 Å². The number of Topliss-reactive ketones (excluding diaryl/α,β-unsaturated/α-hetero) is 1. The Morgan fingerprint density at radius 3 is 2.69 bits per heavy atom. The van der Waals surface area contributed by atoms with Gasteiger partial charge in [0.15, 0.2) is 18.7 Å². The number of esters is 1. The second-order valence-electron chi connectivity index (χ2n) is 11.6. The number of fused-ring (bicyclic) bond motifs is 3. The molecule has 0 aromatic heterocycles. The van der Waals surface area contributed by atoms with Gasteiger partial charge in [0.25, 0.3) is 0 Å². The predicted octanol–water partition coefficient (Wildman–Crippen LogP) is 3.82. The lowest BCUT2D eigenvalue weighted by molar-refractivity contribution is -0.377. The Kier molecular flexibility index (Phi) is 5.93. The molecule has 4 fully saturated rings. The lowest BCUT2D eigenvalue weighted by Crippen LogP contribution is -2.74. The first-order valence-corrected chi connectivity index (χ1v) is 13.2. The molecule has 5 rings (SSSR count). The maximum atomic E-state index is 13.8. The van der Waals surface area contributed by atoms with Crippen LogP contribution in [0.25, 0.3) is 0 Å². The summed E-state index contributed by atoms with van der Waals surface area (Å²) in [4.78, 5) is 37.8. The van der Waals surface area contributed by atoms with E-state index in [4.69, 9.17) is 14.2 Å². The highest BCUT2D eigenvalue weighted by Gasteiger charge is 2.79. The molecule has 1 aliphatic heterocycles. The molecule has 0 spiro atoms. The van der Waals surface area contributed by atoms with Crippen LogP contribution in [0.2, 0.25) is 0 Å². The molecule has 7 heteroatoms. The van der Waals surface area contributed by atoms with Gasteiger partial charge in [-0.05, 0) is 56.6 Å². The van der Waals surface area contributed by atoms with Gasteiger partial charge < -0.3 is 19.3 Å². The van der Waals surface area contributed by atoms with Gasteiger partial charge in [-0.2, -0.15) is 0 Å². The molecule has 1 unspecified atom stereocenters. The van der Waals surface area contributed by atoms with Crippen LogP contribution < -0.4 is 0 Å². The molecule has 1 saturated heterocycles. The molecule has 192 valence electrons. The molecule has 1 N–H and O–H groups in total. The van der Waals surface area contributed by atoms with Crippen LogP contribution in [-0.4, -0.2) is 52.8 Å². The van der Waals surface area contributed by atoms with Gasteiger partial charge in [-0.1, -0.05) is 45.8 Å². The van der Waals surface area contributed by atoms with Crippen LogP contribution in [0.4, 0.5) is 0 Å². The first-order valence-electron chi connectivity index (χ1n) is 13.2. The molecule has 5 aliphatic rings. The highest BCUT2D eigenvalue weighted by atomic mass is 16.7. The summed E-state index contributed by atoms with van der Waals surface area (Å²) in [7, 11) is 0. The minimum atomic E-state index is -1.17. The van der Waals surface area contributed by atoms with Crippen LogP contribution in [0.3, 0.4) is 0 Å². The topological polar surface area (TPSA) is 99.1 Å². The number of carbonyl (C=O) groups excluding carboxylic acids is 3. The number of hydrogen-bond donors (Lipinski definition) is 1. The summed E-state index contributed by atoms with van der Waals surface area (Å²) in [6, 6.07) is 0. The third kappa shape index (κ3) is 3.23. The van der Waals surface area contributed by atoms with Crippen molar-refractivity contribution in [2.45, 2.75) is 103 Å². The summed E-state index contributed by atoms with van der Waals surface area (Å²) in [5.41, 5.74) is -1.91. The van der Waals surface area contributed by atoms with Gasteiger partial charge in [0.05, 0.1) is 11.7 Å². The molecule has 0 aromatic rings. The molecule has 0 aromatic carbocycles. The lowest BCUT2D eigenvalue weighted by Gasteiger charge is -2.67. The third-order valence-electron chi connectivity index (χ3n) is 10.1. The van der Waals surface area contributed by atoms with Crippen LogP contribution in [0.15, 0.2) is 23.8 Å². The Morgan fingerprint density at radius 2 is 1.97 bits per heavy atom. The van der Waals surface area contributed by atoms with Crippen molar-refractivity contribution in [2.24, 2.45) is 22.7 Å². The Labute approximate surface area is 207 Å². The fourth-order valence-electron chi connectivity index (χ4n) is 8.42. The SMILES string of the molecule is CCCC1O[C@@]2(C(=O)COC(=O)CC)CC[C@@]3(O1)[C@@H]1CCC4=CC(=O)C=C[C@]4(C)[C@H]1[C@@H](O)C[C@]23C. The van der Waals surface area contributed by atoms with E-state index >= 15 is 0 Å². The average molecular weight is 487 g/mol. The Balaban J connectivity index is 1.58. The van der Waals surface area contributed by atoms with Crippen LogP contribution >= 0.6 is 0 Å². The van der Waals surface area contributed by atoms with Gasteiger partial charge in [0.2, 0.25) is 5.78 Å². The normalized spacial score (nSPS) is 45.7. The van der Waals surface area contributed by atoms with E-state index in [0.29, 0.717) is 25.7 Å². The van der Waals surface area contributed by atoms with Crippen molar-refractivity contribution in [3.63, 3.8) is 0 Å². The van der Waals surface area contributed by atoms with Gasteiger partial charge >= 0.3 is 5.97 Å². The van der Waals surface area contributed by atoms with Gasteiger partial charge in [-0.15, -0.1) is 0 Å². The molecule has 0 amide bonds. The number of carbonyl (C=O) groups is 3. The van der Waals surface area contributed by atoms with Crippen LogP contribution in [0.1, 0.15) is 79.1 Å². The lowest BCUT2D eigenvalue weighted by atomic mass is 9.44. The first-order chi connectivity index (χ1) is 16.6. The molecule has 7 nitrogen and oxygen atoms in total. The summed E-state index contributed by atoms with van der Waals surface area (Å²) >= 11 is 0. The van der Waals surface area contributed by atoms with E-state index in [1.165, 1.54) is 0 Å². The summed E-state index contributed by atoms with van der Waals surface area (Å²) in [5.74, 6) is -0.758. The molecule has 35 heavy (non-hydrogen) atoms. The van der Waals surface area contributed by atoms with Crippen LogP contribution in [0, 0.1) is 22.7 Å². The van der Waals surface area contributed by atoms with Crippen LogP contribution in [0.5, 0.6) is 0 Å². The third-order valence-corrected chi connectivity index (χ3v) is 10.1. The molecule has 3 saturated carbocycles.